The molecule has 0 aliphatic rings. The first-order valence-electron chi connectivity index (χ1n) is 7.25. The summed E-state index contributed by atoms with van der Waals surface area (Å²) in [4.78, 5) is 23.3. The van der Waals surface area contributed by atoms with Crippen LogP contribution < -0.4 is 5.32 Å². The molecule has 4 nitrogen and oxygen atoms in total. The van der Waals surface area contributed by atoms with Gasteiger partial charge in [-0.2, -0.15) is 13.2 Å². The molecule has 0 heterocycles. The fraction of sp³-hybridized carbons (Fsp3) is 0.111. The van der Waals surface area contributed by atoms with E-state index in [2.05, 4.69) is 10.1 Å². The van der Waals surface area contributed by atoms with Gasteiger partial charge in [-0.3, -0.25) is 4.79 Å². The van der Waals surface area contributed by atoms with Gasteiger partial charge in [-0.15, -0.1) is 0 Å². The van der Waals surface area contributed by atoms with Crippen molar-refractivity contribution < 1.29 is 31.9 Å². The summed E-state index contributed by atoms with van der Waals surface area (Å²) in [6, 6.07) is 7.65. The van der Waals surface area contributed by atoms with E-state index in [4.69, 9.17) is 0 Å². The number of rotatable bonds is 4. The number of alkyl halides is 3. The zero-order chi connectivity index (χ0) is 19.3. The van der Waals surface area contributed by atoms with Crippen molar-refractivity contribution in [3.63, 3.8) is 0 Å². The maximum atomic E-state index is 13.7. The van der Waals surface area contributed by atoms with Crippen LogP contribution in [-0.2, 0) is 15.7 Å². The molecule has 2 aromatic carbocycles. The first-order valence-corrected chi connectivity index (χ1v) is 7.25. The summed E-state index contributed by atoms with van der Waals surface area (Å²) in [6.07, 6.45) is -2.38. The van der Waals surface area contributed by atoms with Crippen LogP contribution in [0.2, 0.25) is 0 Å². The molecule has 2 aromatic rings. The lowest BCUT2D eigenvalue weighted by molar-refractivity contribution is -0.137. The van der Waals surface area contributed by atoms with E-state index in [1.54, 1.807) is 0 Å². The number of benzene rings is 2. The average Bonchev–Trinajstić information content (AvgIpc) is 2.60. The summed E-state index contributed by atoms with van der Waals surface area (Å²) in [5.74, 6) is -2.26. The molecule has 0 spiro atoms. The van der Waals surface area contributed by atoms with Crippen molar-refractivity contribution >= 4 is 23.6 Å². The van der Waals surface area contributed by atoms with Crippen LogP contribution in [0.1, 0.15) is 21.5 Å². The van der Waals surface area contributed by atoms with E-state index in [0.717, 1.165) is 43.5 Å². The minimum absolute atomic E-state index is 0.0334. The molecule has 0 aromatic heterocycles. The van der Waals surface area contributed by atoms with Gasteiger partial charge in [0.1, 0.15) is 5.82 Å². The molecule has 136 valence electrons. The number of nitrogens with one attached hydrogen (secondary N) is 1. The largest absolute Gasteiger partial charge is 0.465 e. The van der Waals surface area contributed by atoms with Crippen LogP contribution in [-0.4, -0.2) is 19.0 Å². The Balaban J connectivity index is 2.14. The zero-order valence-corrected chi connectivity index (χ0v) is 13.4. The third kappa shape index (κ3) is 4.92. The van der Waals surface area contributed by atoms with Gasteiger partial charge >= 0.3 is 12.1 Å². The lowest BCUT2D eigenvalue weighted by atomic mass is 10.1. The van der Waals surface area contributed by atoms with Crippen molar-refractivity contribution in [1.82, 2.24) is 0 Å². The maximum absolute atomic E-state index is 13.7. The van der Waals surface area contributed by atoms with Crippen molar-refractivity contribution in [2.45, 2.75) is 6.18 Å². The van der Waals surface area contributed by atoms with Gasteiger partial charge in [-0.05, 0) is 42.0 Å². The highest BCUT2D eigenvalue weighted by Crippen LogP contribution is 2.29. The minimum Gasteiger partial charge on any atom is -0.465 e. The van der Waals surface area contributed by atoms with E-state index in [1.165, 1.54) is 18.2 Å². The van der Waals surface area contributed by atoms with Crippen molar-refractivity contribution in [2.24, 2.45) is 0 Å². The fourth-order valence-corrected chi connectivity index (χ4v) is 2.03. The highest BCUT2D eigenvalue weighted by molar-refractivity contribution is 6.02. The van der Waals surface area contributed by atoms with Gasteiger partial charge < -0.3 is 10.1 Å². The number of esters is 1. The third-order valence-corrected chi connectivity index (χ3v) is 3.29. The van der Waals surface area contributed by atoms with Crippen molar-refractivity contribution in [2.75, 3.05) is 12.4 Å². The number of hydrogen-bond donors (Lipinski definition) is 1. The number of carbonyl (C=O) groups is 2. The second kappa shape index (κ2) is 7.81. The number of ether oxygens (including phenoxy) is 1. The molecule has 1 amide bonds. The number of methoxy groups -OCH3 is 1. The van der Waals surface area contributed by atoms with Crippen LogP contribution in [0.15, 0.2) is 48.5 Å². The van der Waals surface area contributed by atoms with E-state index < -0.39 is 29.4 Å². The molecule has 0 atom stereocenters. The molecule has 8 heteroatoms. The van der Waals surface area contributed by atoms with Gasteiger partial charge in [0.2, 0.25) is 5.91 Å². The van der Waals surface area contributed by atoms with Gasteiger partial charge in [0, 0.05) is 6.08 Å². The number of amides is 1. The Hall–Kier alpha value is -3.16. The molecule has 0 aliphatic carbocycles. The number of anilines is 1. The lowest BCUT2D eigenvalue weighted by Gasteiger charge is -2.07. The summed E-state index contributed by atoms with van der Waals surface area (Å²) >= 11 is 0. The summed E-state index contributed by atoms with van der Waals surface area (Å²) in [5, 5.41) is 2.21. The van der Waals surface area contributed by atoms with Gasteiger partial charge in [-0.25, -0.2) is 9.18 Å². The van der Waals surface area contributed by atoms with Gasteiger partial charge in [0.05, 0.1) is 23.9 Å². The van der Waals surface area contributed by atoms with E-state index in [0.29, 0.717) is 0 Å². The molecule has 0 aliphatic heterocycles. The van der Waals surface area contributed by atoms with Gasteiger partial charge in [-0.1, -0.05) is 12.1 Å². The highest BCUT2D eigenvalue weighted by atomic mass is 19.4. The molecule has 0 saturated heterocycles. The van der Waals surface area contributed by atoms with Crippen LogP contribution in [0.3, 0.4) is 0 Å². The summed E-state index contributed by atoms with van der Waals surface area (Å²) in [7, 11) is 1.15. The molecule has 0 saturated carbocycles. The van der Waals surface area contributed by atoms with Crippen LogP contribution in [0.5, 0.6) is 0 Å². The first kappa shape index (κ1) is 19.2. The highest BCUT2D eigenvalue weighted by Gasteiger charge is 2.30. The molecule has 0 radical (unpaired) electrons. The van der Waals surface area contributed by atoms with E-state index >= 15 is 0 Å². The topological polar surface area (TPSA) is 55.4 Å². The molecule has 0 unspecified atom stereocenters. The SMILES string of the molecule is COC(=O)c1ccc(F)c(NC(=O)/C=C/c2cccc(C(F)(F)F)c2)c1. The summed E-state index contributed by atoms with van der Waals surface area (Å²) in [5.41, 5.74) is -0.923. The summed E-state index contributed by atoms with van der Waals surface area (Å²) in [6.45, 7) is 0. The molecule has 1 N–H and O–H groups in total. The molecule has 0 fully saturated rings. The Bertz CT molecular complexity index is 860. The predicted octanol–water partition coefficient (Wildman–Crippen LogP) is 4.28. The van der Waals surface area contributed by atoms with Gasteiger partial charge in [0.25, 0.3) is 0 Å². The van der Waals surface area contributed by atoms with Crippen LogP contribution >= 0.6 is 0 Å². The molecular formula is C18H13F4NO3. The number of carbonyl (C=O) groups excluding carboxylic acids is 2. The monoisotopic (exact) mass is 367 g/mol. The molecule has 2 rings (SSSR count). The number of halogens is 4. The quantitative estimate of drug-likeness (QED) is 0.499. The smallest absolute Gasteiger partial charge is 0.416 e. The van der Waals surface area contributed by atoms with E-state index in [9.17, 15) is 27.2 Å². The average molecular weight is 367 g/mol. The zero-order valence-electron chi connectivity index (χ0n) is 13.4. The Kier molecular flexibility index (Phi) is 5.76. The van der Waals surface area contributed by atoms with Gasteiger partial charge in [0.15, 0.2) is 0 Å². The van der Waals surface area contributed by atoms with Crippen LogP contribution in [0.25, 0.3) is 6.08 Å². The lowest BCUT2D eigenvalue weighted by Crippen LogP contribution is -2.11. The minimum atomic E-state index is -4.50. The molecule has 26 heavy (non-hydrogen) atoms. The normalized spacial score (nSPS) is 11.4. The van der Waals surface area contributed by atoms with Crippen molar-refractivity contribution in [3.05, 3.63) is 71.0 Å². The Labute approximate surface area is 146 Å². The first-order chi connectivity index (χ1) is 12.2. The Morgan fingerprint density at radius 2 is 1.85 bits per heavy atom. The second-order valence-electron chi connectivity index (χ2n) is 5.13. The van der Waals surface area contributed by atoms with Crippen molar-refractivity contribution in [3.8, 4) is 0 Å². The number of hydrogen-bond acceptors (Lipinski definition) is 3. The van der Waals surface area contributed by atoms with E-state index in [1.807, 2.05) is 0 Å². The predicted molar refractivity (Wildman–Crippen MR) is 86.8 cm³/mol. The standard InChI is InChI=1S/C18H13F4NO3/c1-26-17(25)12-6-7-14(19)15(10-12)23-16(24)8-5-11-3-2-4-13(9-11)18(20,21)22/h2-10H,1H3,(H,23,24)/b8-5+. The molecule has 0 bridgehead atoms. The summed E-state index contributed by atoms with van der Waals surface area (Å²) < 4.78 is 56.2. The van der Waals surface area contributed by atoms with Crippen LogP contribution in [0.4, 0.5) is 23.2 Å². The maximum Gasteiger partial charge on any atom is 0.416 e. The third-order valence-electron chi connectivity index (χ3n) is 3.29. The van der Waals surface area contributed by atoms with E-state index in [-0.39, 0.29) is 16.8 Å². The second-order valence-corrected chi connectivity index (χ2v) is 5.13. The molecular weight excluding hydrogens is 354 g/mol. The van der Waals surface area contributed by atoms with Crippen molar-refractivity contribution in [1.29, 1.82) is 0 Å². The Morgan fingerprint density at radius 1 is 1.12 bits per heavy atom. The fourth-order valence-electron chi connectivity index (χ4n) is 2.03. The Morgan fingerprint density at radius 3 is 2.50 bits per heavy atom. The van der Waals surface area contributed by atoms with Crippen LogP contribution in [0, 0.1) is 5.82 Å².